The zero-order valence-corrected chi connectivity index (χ0v) is 16.8. The highest BCUT2D eigenvalue weighted by molar-refractivity contribution is 5.98. The summed E-state index contributed by atoms with van der Waals surface area (Å²) in [5.74, 6) is -0.703. The summed E-state index contributed by atoms with van der Waals surface area (Å²) in [4.78, 5) is 24.3. The first-order valence-corrected chi connectivity index (χ1v) is 9.92. The van der Waals surface area contributed by atoms with Crippen molar-refractivity contribution < 1.29 is 19.4 Å². The Morgan fingerprint density at radius 1 is 1.00 bits per heavy atom. The van der Waals surface area contributed by atoms with Crippen molar-refractivity contribution in [3.8, 4) is 16.9 Å². The van der Waals surface area contributed by atoms with Crippen LogP contribution in [0.5, 0.6) is 5.75 Å². The van der Waals surface area contributed by atoms with Gasteiger partial charge in [-0.2, -0.15) is 0 Å². The number of ether oxygens (including phenoxy) is 1. The summed E-state index contributed by atoms with van der Waals surface area (Å²) in [6, 6.07) is 20.5. The number of anilines is 1. The number of phenols is 1. The molecule has 0 aliphatic heterocycles. The monoisotopic (exact) mass is 414 g/mol. The number of hydrogen-bond donors (Lipinski definition) is 3. The maximum Gasteiger partial charge on any atom is 0.411 e. The third-order valence-electron chi connectivity index (χ3n) is 5.24. The van der Waals surface area contributed by atoms with Gasteiger partial charge in [0, 0.05) is 24.2 Å². The van der Waals surface area contributed by atoms with Crippen LogP contribution in [0.4, 0.5) is 10.5 Å². The minimum absolute atomic E-state index is 0.0394. The first-order valence-electron chi connectivity index (χ1n) is 9.92. The van der Waals surface area contributed by atoms with Crippen LogP contribution >= 0.6 is 0 Å². The second kappa shape index (κ2) is 8.75. The first kappa shape index (κ1) is 20.2. The maximum absolute atomic E-state index is 12.4. The number of carbonyl (C=O) groups excluding carboxylic acids is 2. The van der Waals surface area contributed by atoms with Crippen molar-refractivity contribution in [2.75, 3.05) is 18.5 Å². The summed E-state index contributed by atoms with van der Waals surface area (Å²) in [7, 11) is 0. The van der Waals surface area contributed by atoms with Crippen molar-refractivity contribution in [3.05, 3.63) is 96.1 Å². The Bertz CT molecular complexity index is 1110. The average molecular weight is 414 g/mol. The van der Waals surface area contributed by atoms with Crippen LogP contribution in [0.3, 0.4) is 0 Å². The van der Waals surface area contributed by atoms with E-state index in [-0.39, 0.29) is 30.4 Å². The van der Waals surface area contributed by atoms with Crippen molar-refractivity contribution in [2.45, 2.75) is 5.92 Å². The Kier molecular flexibility index (Phi) is 5.71. The molecule has 0 spiro atoms. The summed E-state index contributed by atoms with van der Waals surface area (Å²) in [5, 5.41) is 15.3. The van der Waals surface area contributed by atoms with E-state index in [4.69, 9.17) is 4.74 Å². The molecule has 0 fully saturated rings. The van der Waals surface area contributed by atoms with Gasteiger partial charge >= 0.3 is 6.09 Å². The molecule has 3 aromatic carbocycles. The van der Waals surface area contributed by atoms with Gasteiger partial charge in [0.25, 0.3) is 5.91 Å². The predicted octanol–water partition coefficient (Wildman–Crippen LogP) is 4.67. The summed E-state index contributed by atoms with van der Waals surface area (Å²) in [6.07, 6.45) is 0.910. The van der Waals surface area contributed by atoms with E-state index in [2.05, 4.69) is 41.5 Å². The minimum Gasteiger partial charge on any atom is -0.507 e. The number of benzene rings is 3. The van der Waals surface area contributed by atoms with Crippen LogP contribution in [0, 0.1) is 0 Å². The number of rotatable bonds is 6. The lowest BCUT2D eigenvalue weighted by Gasteiger charge is -2.15. The highest BCUT2D eigenvalue weighted by Crippen LogP contribution is 2.44. The highest BCUT2D eigenvalue weighted by Gasteiger charge is 2.29. The summed E-state index contributed by atoms with van der Waals surface area (Å²) >= 11 is 0. The predicted molar refractivity (Wildman–Crippen MR) is 119 cm³/mol. The summed E-state index contributed by atoms with van der Waals surface area (Å²) in [6.45, 7) is 4.01. The molecule has 0 saturated heterocycles. The van der Waals surface area contributed by atoms with E-state index >= 15 is 0 Å². The number of fused-ring (bicyclic) bond motifs is 3. The molecule has 2 amide bonds. The smallest absolute Gasteiger partial charge is 0.411 e. The molecule has 1 aliphatic carbocycles. The lowest BCUT2D eigenvalue weighted by molar-refractivity contribution is 0.0955. The number of phenolic OH excluding ortho intramolecular Hbond substituents is 1. The summed E-state index contributed by atoms with van der Waals surface area (Å²) in [5.41, 5.74) is 5.01. The normalized spacial score (nSPS) is 11.9. The van der Waals surface area contributed by atoms with Gasteiger partial charge in [0.05, 0.1) is 5.56 Å². The summed E-state index contributed by atoms with van der Waals surface area (Å²) < 4.78 is 5.49. The van der Waals surface area contributed by atoms with Gasteiger partial charge in [-0.25, -0.2) is 4.79 Å². The zero-order chi connectivity index (χ0) is 21.8. The first-order chi connectivity index (χ1) is 15.1. The Labute approximate surface area is 180 Å². The van der Waals surface area contributed by atoms with E-state index in [0.717, 1.165) is 22.3 Å². The van der Waals surface area contributed by atoms with Gasteiger partial charge in [0.15, 0.2) is 0 Å². The van der Waals surface area contributed by atoms with Crippen molar-refractivity contribution in [1.82, 2.24) is 5.32 Å². The maximum atomic E-state index is 12.4. The van der Waals surface area contributed by atoms with E-state index in [9.17, 15) is 14.7 Å². The van der Waals surface area contributed by atoms with Crippen molar-refractivity contribution in [2.24, 2.45) is 0 Å². The van der Waals surface area contributed by atoms with E-state index in [0.29, 0.717) is 5.69 Å². The Hall–Kier alpha value is -4.06. The minimum atomic E-state index is -0.634. The van der Waals surface area contributed by atoms with Crippen LogP contribution < -0.4 is 10.6 Å². The Morgan fingerprint density at radius 2 is 1.65 bits per heavy atom. The molecule has 0 bridgehead atoms. The topological polar surface area (TPSA) is 87.7 Å². The molecule has 3 N–H and O–H groups in total. The molecule has 1 aliphatic rings. The molecule has 3 aromatic rings. The number of amides is 2. The molecule has 0 heterocycles. The van der Waals surface area contributed by atoms with Crippen LogP contribution in [0.25, 0.3) is 11.1 Å². The molecule has 0 aromatic heterocycles. The molecule has 0 saturated carbocycles. The molecule has 156 valence electrons. The van der Waals surface area contributed by atoms with E-state index in [1.807, 2.05) is 24.3 Å². The highest BCUT2D eigenvalue weighted by atomic mass is 16.5. The Morgan fingerprint density at radius 3 is 2.26 bits per heavy atom. The van der Waals surface area contributed by atoms with Gasteiger partial charge in [-0.15, -0.1) is 6.58 Å². The Balaban J connectivity index is 1.42. The van der Waals surface area contributed by atoms with Crippen LogP contribution in [0.2, 0.25) is 0 Å². The van der Waals surface area contributed by atoms with Gasteiger partial charge in [-0.05, 0) is 34.4 Å². The fourth-order valence-corrected chi connectivity index (χ4v) is 3.81. The van der Waals surface area contributed by atoms with Crippen molar-refractivity contribution in [1.29, 1.82) is 0 Å². The molecule has 31 heavy (non-hydrogen) atoms. The third-order valence-corrected chi connectivity index (χ3v) is 5.24. The fourth-order valence-electron chi connectivity index (χ4n) is 3.81. The molecular formula is C25H22N2O4. The van der Waals surface area contributed by atoms with Gasteiger partial charge in [0.2, 0.25) is 0 Å². The van der Waals surface area contributed by atoms with Crippen molar-refractivity contribution >= 4 is 17.7 Å². The number of hydrogen-bond acceptors (Lipinski definition) is 4. The van der Waals surface area contributed by atoms with E-state index in [1.54, 1.807) is 6.08 Å². The van der Waals surface area contributed by atoms with Crippen LogP contribution in [-0.4, -0.2) is 30.3 Å². The average Bonchev–Trinajstić information content (AvgIpc) is 3.10. The quantitative estimate of drug-likeness (QED) is 0.512. The van der Waals surface area contributed by atoms with E-state index < -0.39 is 12.0 Å². The SMILES string of the molecule is C=CCNC(=O)c1ccc(NC(=O)OCC2c3ccccc3-c3ccccc32)cc1O. The fraction of sp³-hybridized carbons (Fsp3) is 0.120. The third kappa shape index (κ3) is 4.14. The lowest BCUT2D eigenvalue weighted by atomic mass is 9.98. The van der Waals surface area contributed by atoms with E-state index in [1.165, 1.54) is 18.2 Å². The van der Waals surface area contributed by atoms with Crippen LogP contribution in [-0.2, 0) is 4.74 Å². The van der Waals surface area contributed by atoms with Crippen LogP contribution in [0.1, 0.15) is 27.4 Å². The second-order valence-electron chi connectivity index (χ2n) is 7.18. The van der Waals surface area contributed by atoms with Gasteiger partial charge < -0.3 is 15.2 Å². The largest absolute Gasteiger partial charge is 0.507 e. The van der Waals surface area contributed by atoms with Crippen LogP contribution in [0.15, 0.2) is 79.4 Å². The van der Waals surface area contributed by atoms with Gasteiger partial charge in [-0.1, -0.05) is 54.6 Å². The van der Waals surface area contributed by atoms with Gasteiger partial charge in [-0.3, -0.25) is 10.1 Å². The molecule has 0 radical (unpaired) electrons. The van der Waals surface area contributed by atoms with Gasteiger partial charge in [0.1, 0.15) is 12.4 Å². The second-order valence-corrected chi connectivity index (χ2v) is 7.18. The lowest BCUT2D eigenvalue weighted by Crippen LogP contribution is -2.23. The zero-order valence-electron chi connectivity index (χ0n) is 16.8. The number of aromatic hydroxyl groups is 1. The standard InChI is InChI=1S/C25H22N2O4/c1-2-13-26-24(29)21-12-11-16(14-23(21)28)27-25(30)31-15-22-19-9-5-3-7-17(19)18-8-4-6-10-20(18)22/h2-12,14,22,28H,1,13,15H2,(H,26,29)(H,27,30). The molecule has 0 atom stereocenters. The molecular weight excluding hydrogens is 392 g/mol. The number of carbonyl (C=O) groups is 2. The molecule has 4 rings (SSSR count). The van der Waals surface area contributed by atoms with Crippen molar-refractivity contribution in [3.63, 3.8) is 0 Å². The molecule has 6 heteroatoms. The molecule has 6 nitrogen and oxygen atoms in total. The molecule has 0 unspecified atom stereocenters. The number of nitrogens with one attached hydrogen (secondary N) is 2.